The number of hydrogen-bond acceptors (Lipinski definition) is 6. The second-order valence-electron chi connectivity index (χ2n) is 5.87. The average molecular weight is 354 g/mol. The van der Waals surface area contributed by atoms with Gasteiger partial charge in [0.15, 0.2) is 0 Å². The van der Waals surface area contributed by atoms with Crippen molar-refractivity contribution >= 4 is 34.4 Å². The van der Waals surface area contributed by atoms with Gasteiger partial charge in [-0.15, -0.1) is 5.10 Å². The van der Waals surface area contributed by atoms with Crippen LogP contribution in [0.1, 0.15) is 36.1 Å². The molecule has 9 heteroatoms. The summed E-state index contributed by atoms with van der Waals surface area (Å²) in [5.74, 6) is 0.533. The molecule has 0 spiro atoms. The van der Waals surface area contributed by atoms with Crippen molar-refractivity contribution < 1.29 is 14.3 Å². The van der Waals surface area contributed by atoms with Gasteiger partial charge in [-0.2, -0.15) is 4.98 Å². The number of H-pyrrole nitrogens is 1. The Kier molecular flexibility index (Phi) is 4.78. The second-order valence-corrected chi connectivity index (χ2v) is 5.87. The molecule has 0 aliphatic carbocycles. The van der Waals surface area contributed by atoms with Crippen molar-refractivity contribution in [1.82, 2.24) is 20.2 Å². The first kappa shape index (κ1) is 17.3. The number of fused-ring (bicyclic) bond motifs is 1. The van der Waals surface area contributed by atoms with Gasteiger partial charge >= 0.3 is 12.0 Å². The average Bonchev–Trinajstić information content (AvgIpc) is 3.09. The topological polar surface area (TPSA) is 122 Å². The number of esters is 1. The number of anilines is 2. The van der Waals surface area contributed by atoms with E-state index in [2.05, 4.69) is 35.5 Å². The van der Waals surface area contributed by atoms with Crippen LogP contribution < -0.4 is 10.6 Å². The fourth-order valence-electron chi connectivity index (χ4n) is 2.34. The summed E-state index contributed by atoms with van der Waals surface area (Å²) in [5.41, 5.74) is 0.743. The summed E-state index contributed by atoms with van der Waals surface area (Å²) in [6.45, 7) is 3.94. The third-order valence-corrected chi connectivity index (χ3v) is 3.68. The molecule has 3 rings (SSSR count). The summed E-state index contributed by atoms with van der Waals surface area (Å²) in [7, 11) is 1.30. The van der Waals surface area contributed by atoms with Gasteiger partial charge in [0.05, 0.1) is 12.8 Å². The van der Waals surface area contributed by atoms with Gasteiger partial charge in [0, 0.05) is 17.5 Å². The van der Waals surface area contributed by atoms with Crippen LogP contribution in [0, 0.1) is 0 Å². The predicted molar refractivity (Wildman–Crippen MR) is 96.2 cm³/mol. The zero-order chi connectivity index (χ0) is 18.7. The van der Waals surface area contributed by atoms with Gasteiger partial charge < -0.3 is 10.1 Å². The smallest absolute Gasteiger partial charge is 0.356 e. The third kappa shape index (κ3) is 3.61. The largest absolute Gasteiger partial charge is 0.464 e. The molecule has 3 N–H and O–H groups in total. The Labute approximate surface area is 149 Å². The molecule has 0 aliphatic rings. The van der Waals surface area contributed by atoms with Gasteiger partial charge in [-0.1, -0.05) is 26.0 Å². The first-order chi connectivity index (χ1) is 12.5. The summed E-state index contributed by atoms with van der Waals surface area (Å²) < 4.78 is 4.67. The van der Waals surface area contributed by atoms with Gasteiger partial charge in [0.2, 0.25) is 5.95 Å². The van der Waals surface area contributed by atoms with E-state index in [1.165, 1.54) is 13.3 Å². The lowest BCUT2D eigenvalue weighted by Crippen LogP contribution is -2.20. The van der Waals surface area contributed by atoms with E-state index in [1.807, 2.05) is 19.9 Å². The molecule has 2 heterocycles. The summed E-state index contributed by atoms with van der Waals surface area (Å²) in [6, 6.07) is 6.44. The standard InChI is InChI=1S/C17H18N6O3/c1-9(2)14-20-16(23-22-14)21-17(25)19-12-6-4-5-10-7-13(15(24)26-3)18-8-11(10)12/h4-9H,1-3H3,(H3,19,20,21,22,23,25). The Morgan fingerprint density at radius 1 is 1.23 bits per heavy atom. The molecule has 2 amide bonds. The minimum absolute atomic E-state index is 0.175. The fourth-order valence-corrected chi connectivity index (χ4v) is 2.34. The molecule has 0 saturated carbocycles. The first-order valence-corrected chi connectivity index (χ1v) is 7.95. The van der Waals surface area contributed by atoms with Gasteiger partial charge in [0.1, 0.15) is 11.5 Å². The molecule has 134 valence electrons. The highest BCUT2D eigenvalue weighted by atomic mass is 16.5. The Morgan fingerprint density at radius 2 is 2.04 bits per heavy atom. The SMILES string of the molecule is COC(=O)c1cc2cccc(NC(=O)Nc3n[nH]c(C(C)C)n3)c2cn1. The van der Waals surface area contributed by atoms with Crippen LogP contribution in [0.25, 0.3) is 10.8 Å². The van der Waals surface area contributed by atoms with Gasteiger partial charge in [-0.25, -0.2) is 14.6 Å². The highest BCUT2D eigenvalue weighted by Crippen LogP contribution is 2.23. The van der Waals surface area contributed by atoms with E-state index in [-0.39, 0.29) is 17.6 Å². The number of hydrogen-bond donors (Lipinski definition) is 3. The van der Waals surface area contributed by atoms with Crippen molar-refractivity contribution in [1.29, 1.82) is 0 Å². The molecule has 0 atom stereocenters. The number of nitrogens with one attached hydrogen (secondary N) is 3. The number of pyridine rings is 1. The van der Waals surface area contributed by atoms with Crippen molar-refractivity contribution in [3.8, 4) is 0 Å². The maximum atomic E-state index is 12.2. The minimum atomic E-state index is -0.520. The number of aromatic amines is 1. The van der Waals surface area contributed by atoms with E-state index in [9.17, 15) is 9.59 Å². The Bertz CT molecular complexity index is 966. The van der Waals surface area contributed by atoms with E-state index >= 15 is 0 Å². The molecule has 9 nitrogen and oxygen atoms in total. The number of nitrogens with zero attached hydrogens (tertiary/aromatic N) is 3. The van der Waals surface area contributed by atoms with E-state index < -0.39 is 12.0 Å². The fraction of sp³-hybridized carbons (Fsp3) is 0.235. The quantitative estimate of drug-likeness (QED) is 0.619. The molecular weight excluding hydrogens is 336 g/mol. The normalized spacial score (nSPS) is 10.8. The summed E-state index contributed by atoms with van der Waals surface area (Å²) in [5, 5.41) is 13.5. The number of methoxy groups -OCH3 is 1. The van der Waals surface area contributed by atoms with E-state index in [1.54, 1.807) is 18.2 Å². The van der Waals surface area contributed by atoms with Crippen LogP contribution in [0.15, 0.2) is 30.5 Å². The van der Waals surface area contributed by atoms with E-state index in [0.29, 0.717) is 16.9 Å². The molecular formula is C17H18N6O3. The van der Waals surface area contributed by atoms with Gasteiger partial charge in [-0.3, -0.25) is 10.4 Å². The molecule has 0 bridgehead atoms. The van der Waals surface area contributed by atoms with Crippen molar-refractivity contribution in [2.45, 2.75) is 19.8 Å². The zero-order valence-electron chi connectivity index (χ0n) is 14.5. The molecule has 1 aromatic carbocycles. The Hall–Kier alpha value is -3.49. The van der Waals surface area contributed by atoms with Gasteiger partial charge in [-0.05, 0) is 17.5 Å². The zero-order valence-corrected chi connectivity index (χ0v) is 14.5. The number of rotatable bonds is 4. The van der Waals surface area contributed by atoms with Crippen molar-refractivity contribution in [3.05, 3.63) is 42.0 Å². The number of benzene rings is 1. The number of amides is 2. The molecule has 26 heavy (non-hydrogen) atoms. The molecule has 3 aromatic rings. The van der Waals surface area contributed by atoms with Crippen LogP contribution in [0.3, 0.4) is 0 Å². The summed E-state index contributed by atoms with van der Waals surface area (Å²) >= 11 is 0. The molecule has 0 saturated heterocycles. The maximum absolute atomic E-state index is 12.2. The van der Waals surface area contributed by atoms with Crippen LogP contribution in [-0.2, 0) is 4.74 Å². The van der Waals surface area contributed by atoms with Crippen LogP contribution in [0.2, 0.25) is 0 Å². The Balaban J connectivity index is 1.79. The number of urea groups is 1. The molecule has 0 radical (unpaired) electrons. The minimum Gasteiger partial charge on any atom is -0.464 e. The third-order valence-electron chi connectivity index (χ3n) is 3.68. The molecule has 0 aliphatic heterocycles. The lowest BCUT2D eigenvalue weighted by atomic mass is 10.1. The lowest BCUT2D eigenvalue weighted by molar-refractivity contribution is 0.0594. The van der Waals surface area contributed by atoms with Crippen LogP contribution in [0.5, 0.6) is 0 Å². The van der Waals surface area contributed by atoms with E-state index in [0.717, 1.165) is 5.39 Å². The Morgan fingerprint density at radius 3 is 2.73 bits per heavy atom. The summed E-state index contributed by atoms with van der Waals surface area (Å²) in [4.78, 5) is 32.1. The second kappa shape index (κ2) is 7.18. The maximum Gasteiger partial charge on any atom is 0.356 e. The van der Waals surface area contributed by atoms with Gasteiger partial charge in [0.25, 0.3) is 0 Å². The number of ether oxygens (including phenoxy) is 1. The van der Waals surface area contributed by atoms with Crippen LogP contribution in [0.4, 0.5) is 16.4 Å². The molecule has 2 aromatic heterocycles. The number of carbonyl (C=O) groups is 2. The monoisotopic (exact) mass is 354 g/mol. The highest BCUT2D eigenvalue weighted by Gasteiger charge is 2.13. The van der Waals surface area contributed by atoms with Crippen molar-refractivity contribution in [2.75, 3.05) is 17.7 Å². The van der Waals surface area contributed by atoms with Crippen LogP contribution in [-0.4, -0.2) is 39.3 Å². The predicted octanol–water partition coefficient (Wildman–Crippen LogP) is 2.91. The highest BCUT2D eigenvalue weighted by molar-refractivity contribution is 6.06. The molecule has 0 fully saturated rings. The lowest BCUT2D eigenvalue weighted by Gasteiger charge is -2.09. The summed E-state index contributed by atoms with van der Waals surface area (Å²) in [6.07, 6.45) is 1.51. The van der Waals surface area contributed by atoms with Crippen molar-refractivity contribution in [2.24, 2.45) is 0 Å². The van der Waals surface area contributed by atoms with Crippen molar-refractivity contribution in [3.63, 3.8) is 0 Å². The van der Waals surface area contributed by atoms with Crippen LogP contribution >= 0.6 is 0 Å². The number of carbonyl (C=O) groups excluding carboxylic acids is 2. The number of aromatic nitrogens is 4. The first-order valence-electron chi connectivity index (χ1n) is 7.95. The molecule has 0 unspecified atom stereocenters. The van der Waals surface area contributed by atoms with E-state index in [4.69, 9.17) is 0 Å².